The molecular weight excluding hydrogens is 232 g/mol. The fraction of sp³-hybridized carbons (Fsp3) is 0. The summed E-state index contributed by atoms with van der Waals surface area (Å²) in [6.07, 6.45) is 1.72. The van der Waals surface area contributed by atoms with Gasteiger partial charge in [-0.25, -0.2) is 0 Å². The second-order valence-corrected chi connectivity index (χ2v) is 4.70. The Balaban J connectivity index is 2.12. The molecule has 0 saturated carbocycles. The minimum absolute atomic E-state index is 0.917. The van der Waals surface area contributed by atoms with Gasteiger partial charge in [0.1, 0.15) is 5.76 Å². The van der Waals surface area contributed by atoms with Crippen LogP contribution in [0.5, 0.6) is 0 Å². The van der Waals surface area contributed by atoms with E-state index in [1.807, 2.05) is 12.1 Å². The van der Waals surface area contributed by atoms with E-state index in [4.69, 9.17) is 4.42 Å². The van der Waals surface area contributed by atoms with E-state index >= 15 is 0 Å². The first-order valence-corrected chi connectivity index (χ1v) is 6.37. The predicted molar refractivity (Wildman–Crippen MR) is 79.2 cm³/mol. The Labute approximate surface area is 111 Å². The Kier molecular flexibility index (Phi) is 2.18. The van der Waals surface area contributed by atoms with Crippen LogP contribution in [0.25, 0.3) is 32.9 Å². The molecule has 0 aliphatic heterocycles. The van der Waals surface area contributed by atoms with Crippen molar-refractivity contribution >= 4 is 21.5 Å². The van der Waals surface area contributed by atoms with Crippen molar-refractivity contribution in [2.45, 2.75) is 0 Å². The molecule has 1 heteroatoms. The zero-order chi connectivity index (χ0) is 12.7. The first kappa shape index (κ1) is 10.4. The van der Waals surface area contributed by atoms with E-state index < -0.39 is 0 Å². The third-order valence-corrected chi connectivity index (χ3v) is 3.53. The molecule has 4 rings (SSSR count). The van der Waals surface area contributed by atoms with Crippen molar-refractivity contribution in [2.75, 3.05) is 0 Å². The van der Waals surface area contributed by atoms with Crippen LogP contribution in [0.15, 0.2) is 77.4 Å². The molecule has 19 heavy (non-hydrogen) atoms. The number of rotatable bonds is 1. The van der Waals surface area contributed by atoms with Crippen LogP contribution in [0.2, 0.25) is 0 Å². The molecule has 3 aromatic carbocycles. The lowest BCUT2D eigenvalue weighted by Gasteiger charge is -2.06. The number of fused-ring (bicyclic) bond motifs is 2. The molecule has 1 nitrogen and oxygen atoms in total. The van der Waals surface area contributed by atoms with Gasteiger partial charge < -0.3 is 4.42 Å². The molecule has 0 unspecified atom stereocenters. The molecule has 0 saturated heterocycles. The molecule has 0 atom stereocenters. The number of benzene rings is 3. The van der Waals surface area contributed by atoms with Gasteiger partial charge in [-0.15, -0.1) is 0 Å². The monoisotopic (exact) mass is 244 g/mol. The maximum atomic E-state index is 5.54. The fourth-order valence-electron chi connectivity index (χ4n) is 2.61. The Morgan fingerprint density at radius 2 is 1.42 bits per heavy atom. The van der Waals surface area contributed by atoms with Crippen LogP contribution in [0.4, 0.5) is 0 Å². The highest BCUT2D eigenvalue weighted by Crippen LogP contribution is 2.31. The summed E-state index contributed by atoms with van der Waals surface area (Å²) in [6.45, 7) is 0. The molecular formula is C18H12O. The smallest absolute Gasteiger partial charge is 0.134 e. The molecule has 0 radical (unpaired) electrons. The minimum Gasteiger partial charge on any atom is -0.464 e. The van der Waals surface area contributed by atoms with E-state index in [9.17, 15) is 0 Å². The number of furan rings is 1. The molecule has 4 aromatic rings. The fourth-order valence-corrected chi connectivity index (χ4v) is 2.61. The Morgan fingerprint density at radius 1 is 0.632 bits per heavy atom. The largest absolute Gasteiger partial charge is 0.464 e. The standard InChI is InChI=1S/C18H12O/c1-2-6-14-12-17-15(11-13(14)5-1)7-3-8-16(17)18-9-4-10-19-18/h1-12H. The molecule has 0 aliphatic rings. The summed E-state index contributed by atoms with van der Waals surface area (Å²) in [5.74, 6) is 0.917. The van der Waals surface area contributed by atoms with Crippen molar-refractivity contribution in [2.24, 2.45) is 0 Å². The van der Waals surface area contributed by atoms with Gasteiger partial charge in [-0.2, -0.15) is 0 Å². The summed E-state index contributed by atoms with van der Waals surface area (Å²) < 4.78 is 5.54. The van der Waals surface area contributed by atoms with Crippen molar-refractivity contribution in [3.63, 3.8) is 0 Å². The number of hydrogen-bond donors (Lipinski definition) is 0. The Morgan fingerprint density at radius 3 is 2.21 bits per heavy atom. The van der Waals surface area contributed by atoms with Crippen LogP contribution in [0.3, 0.4) is 0 Å². The van der Waals surface area contributed by atoms with E-state index in [2.05, 4.69) is 54.6 Å². The van der Waals surface area contributed by atoms with Gasteiger partial charge in [0, 0.05) is 5.56 Å². The van der Waals surface area contributed by atoms with Gasteiger partial charge in [0.05, 0.1) is 6.26 Å². The Hall–Kier alpha value is -2.54. The van der Waals surface area contributed by atoms with Gasteiger partial charge in [0.15, 0.2) is 0 Å². The highest BCUT2D eigenvalue weighted by molar-refractivity contribution is 6.04. The molecule has 0 bridgehead atoms. The van der Waals surface area contributed by atoms with Crippen molar-refractivity contribution in [3.05, 3.63) is 73.0 Å². The third kappa shape index (κ3) is 1.63. The van der Waals surface area contributed by atoms with Crippen molar-refractivity contribution in [3.8, 4) is 11.3 Å². The van der Waals surface area contributed by atoms with Gasteiger partial charge in [-0.05, 0) is 45.8 Å². The van der Waals surface area contributed by atoms with Gasteiger partial charge in [-0.3, -0.25) is 0 Å². The summed E-state index contributed by atoms with van der Waals surface area (Å²) in [5, 5.41) is 5.00. The maximum absolute atomic E-state index is 5.54. The van der Waals surface area contributed by atoms with E-state index in [0.717, 1.165) is 11.3 Å². The second-order valence-electron chi connectivity index (χ2n) is 4.70. The molecule has 0 N–H and O–H groups in total. The zero-order valence-electron chi connectivity index (χ0n) is 10.3. The molecule has 90 valence electrons. The third-order valence-electron chi connectivity index (χ3n) is 3.53. The van der Waals surface area contributed by atoms with Crippen LogP contribution in [0.1, 0.15) is 0 Å². The first-order valence-electron chi connectivity index (χ1n) is 6.37. The van der Waals surface area contributed by atoms with Gasteiger partial charge in [0.2, 0.25) is 0 Å². The molecule has 0 aliphatic carbocycles. The quantitative estimate of drug-likeness (QED) is 0.417. The first-order chi connectivity index (χ1) is 9.42. The summed E-state index contributed by atoms with van der Waals surface area (Å²) >= 11 is 0. The maximum Gasteiger partial charge on any atom is 0.134 e. The van der Waals surface area contributed by atoms with Gasteiger partial charge in [-0.1, -0.05) is 42.5 Å². The lowest BCUT2D eigenvalue weighted by atomic mass is 9.99. The average Bonchev–Trinajstić information content (AvgIpc) is 2.98. The van der Waals surface area contributed by atoms with Crippen LogP contribution < -0.4 is 0 Å². The van der Waals surface area contributed by atoms with E-state index in [-0.39, 0.29) is 0 Å². The van der Waals surface area contributed by atoms with Gasteiger partial charge >= 0.3 is 0 Å². The van der Waals surface area contributed by atoms with Crippen LogP contribution in [0, 0.1) is 0 Å². The predicted octanol–water partition coefficient (Wildman–Crippen LogP) is 5.25. The van der Waals surface area contributed by atoms with Crippen LogP contribution >= 0.6 is 0 Å². The van der Waals surface area contributed by atoms with Crippen molar-refractivity contribution < 1.29 is 4.42 Å². The highest BCUT2D eigenvalue weighted by atomic mass is 16.3. The number of hydrogen-bond acceptors (Lipinski definition) is 1. The van der Waals surface area contributed by atoms with Crippen LogP contribution in [-0.2, 0) is 0 Å². The second kappa shape index (κ2) is 3.99. The molecule has 0 spiro atoms. The lowest BCUT2D eigenvalue weighted by molar-refractivity contribution is 0.583. The Bertz CT molecular complexity index is 857. The van der Waals surface area contributed by atoms with Crippen LogP contribution in [-0.4, -0.2) is 0 Å². The topological polar surface area (TPSA) is 13.1 Å². The molecule has 0 fully saturated rings. The molecule has 0 amide bonds. The molecule has 1 aromatic heterocycles. The van der Waals surface area contributed by atoms with Crippen molar-refractivity contribution in [1.82, 2.24) is 0 Å². The summed E-state index contributed by atoms with van der Waals surface area (Å²) in [5.41, 5.74) is 1.15. The van der Waals surface area contributed by atoms with E-state index in [1.165, 1.54) is 21.5 Å². The summed E-state index contributed by atoms with van der Waals surface area (Å²) in [7, 11) is 0. The minimum atomic E-state index is 0.917. The summed E-state index contributed by atoms with van der Waals surface area (Å²) in [4.78, 5) is 0. The highest BCUT2D eigenvalue weighted by Gasteiger charge is 2.06. The zero-order valence-corrected chi connectivity index (χ0v) is 10.3. The van der Waals surface area contributed by atoms with E-state index in [1.54, 1.807) is 6.26 Å². The van der Waals surface area contributed by atoms with Gasteiger partial charge in [0.25, 0.3) is 0 Å². The average molecular weight is 244 g/mol. The van der Waals surface area contributed by atoms with E-state index in [0.29, 0.717) is 0 Å². The molecule has 1 heterocycles. The van der Waals surface area contributed by atoms with Crippen molar-refractivity contribution in [1.29, 1.82) is 0 Å². The normalized spacial score (nSPS) is 11.2. The lowest BCUT2D eigenvalue weighted by Crippen LogP contribution is -1.80. The SMILES string of the molecule is c1coc(-c2cccc3cc4ccccc4cc23)c1. The summed E-state index contributed by atoms with van der Waals surface area (Å²) in [6, 6.07) is 23.2.